The van der Waals surface area contributed by atoms with Gasteiger partial charge in [-0.15, -0.1) is 0 Å². The zero-order chi connectivity index (χ0) is 22.5. The average molecular weight is 428 g/mol. The van der Waals surface area contributed by atoms with Gasteiger partial charge in [-0.1, -0.05) is 50.4 Å². The number of amides is 1. The van der Waals surface area contributed by atoms with Crippen LogP contribution in [0.5, 0.6) is 5.75 Å². The van der Waals surface area contributed by atoms with E-state index >= 15 is 0 Å². The number of nitrogens with one attached hydrogen (secondary N) is 1. The molecule has 162 valence electrons. The minimum atomic E-state index is -0.0501. The number of hydrogen-bond donors (Lipinski definition) is 1. The summed E-state index contributed by atoms with van der Waals surface area (Å²) in [6, 6.07) is 13.4. The van der Waals surface area contributed by atoms with Gasteiger partial charge in [-0.2, -0.15) is 5.10 Å². The third-order valence-electron chi connectivity index (χ3n) is 5.38. The molecule has 2 heterocycles. The van der Waals surface area contributed by atoms with Crippen LogP contribution in [0.2, 0.25) is 0 Å². The van der Waals surface area contributed by atoms with E-state index < -0.39 is 0 Å². The predicted molar refractivity (Wildman–Crippen MR) is 126 cm³/mol. The third-order valence-corrected chi connectivity index (χ3v) is 5.38. The number of aromatic nitrogens is 1. The van der Waals surface area contributed by atoms with Crippen LogP contribution in [-0.4, -0.2) is 23.2 Å². The van der Waals surface area contributed by atoms with E-state index in [0.717, 1.165) is 34.3 Å². The number of rotatable bonds is 8. The number of allylic oxidation sites excluding steroid dienone is 2. The van der Waals surface area contributed by atoms with E-state index in [4.69, 9.17) is 9.15 Å². The Bertz CT molecular complexity index is 1240. The molecule has 6 nitrogen and oxygen atoms in total. The summed E-state index contributed by atoms with van der Waals surface area (Å²) in [7, 11) is 0. The highest BCUT2D eigenvalue weighted by atomic mass is 16.5. The van der Waals surface area contributed by atoms with Gasteiger partial charge in [-0.05, 0) is 42.3 Å². The summed E-state index contributed by atoms with van der Waals surface area (Å²) in [6.45, 7) is 9.94. The van der Waals surface area contributed by atoms with Crippen molar-refractivity contribution in [3.05, 3.63) is 85.0 Å². The minimum absolute atomic E-state index is 0.0501. The summed E-state index contributed by atoms with van der Waals surface area (Å²) in [5.74, 6) is 1.26. The van der Waals surface area contributed by atoms with E-state index in [9.17, 15) is 4.79 Å². The van der Waals surface area contributed by atoms with Gasteiger partial charge in [0.2, 0.25) is 11.8 Å². The van der Waals surface area contributed by atoms with Gasteiger partial charge in [0.05, 0.1) is 5.71 Å². The zero-order valence-electron chi connectivity index (χ0n) is 18.0. The van der Waals surface area contributed by atoms with Gasteiger partial charge in [-0.25, -0.2) is 10.4 Å². The summed E-state index contributed by atoms with van der Waals surface area (Å²) in [5.41, 5.74) is 7.56. The van der Waals surface area contributed by atoms with Crippen molar-refractivity contribution in [2.24, 2.45) is 11.0 Å². The molecule has 0 aliphatic carbocycles. The highest BCUT2D eigenvalue weighted by Crippen LogP contribution is 2.29. The lowest BCUT2D eigenvalue weighted by Crippen LogP contribution is -2.33. The van der Waals surface area contributed by atoms with Crippen molar-refractivity contribution in [1.29, 1.82) is 0 Å². The number of nitrogens with zero attached hydrogens (tertiary/aromatic N) is 2. The number of hydrogen-bond acceptors (Lipinski definition) is 5. The van der Waals surface area contributed by atoms with Crippen molar-refractivity contribution in [1.82, 2.24) is 10.4 Å². The van der Waals surface area contributed by atoms with Crippen molar-refractivity contribution >= 4 is 22.7 Å². The number of carbonyl (C=O) groups is 1. The lowest BCUT2D eigenvalue weighted by Gasteiger charge is -2.21. The second-order valence-electron chi connectivity index (χ2n) is 7.54. The van der Waals surface area contributed by atoms with E-state index in [1.807, 2.05) is 48.5 Å². The minimum Gasteiger partial charge on any atom is -0.489 e. The molecule has 0 radical (unpaired) electrons. The summed E-state index contributed by atoms with van der Waals surface area (Å²) < 4.78 is 11.9. The van der Waals surface area contributed by atoms with Gasteiger partial charge in [0.1, 0.15) is 17.9 Å². The van der Waals surface area contributed by atoms with E-state index in [1.165, 1.54) is 0 Å². The first kappa shape index (κ1) is 21.3. The molecule has 6 heteroatoms. The Balaban J connectivity index is 1.59. The normalized spacial score (nSPS) is 16.4. The van der Waals surface area contributed by atoms with Crippen LogP contribution in [0, 0.1) is 5.92 Å². The standard InChI is InChI=1S/C26H25N3O3/c1-4-8-17(5-2)16-31-21-10-7-9-20(13-21)26-27-22-12-11-19(14-23(22)32-26)25-18(6-3)15-24(30)28-29-25/h4-5,7-14,18H,1-2,6,15-16H2,3H3,(H,28,30)/b17-8+. The van der Waals surface area contributed by atoms with Crippen molar-refractivity contribution in [3.63, 3.8) is 0 Å². The summed E-state index contributed by atoms with van der Waals surface area (Å²) >= 11 is 0. The van der Waals surface area contributed by atoms with Gasteiger partial charge in [-0.3, -0.25) is 4.79 Å². The molecule has 3 aromatic rings. The van der Waals surface area contributed by atoms with Crippen LogP contribution in [0.4, 0.5) is 0 Å². The van der Waals surface area contributed by atoms with Crippen LogP contribution in [0.25, 0.3) is 22.6 Å². The largest absolute Gasteiger partial charge is 0.489 e. The van der Waals surface area contributed by atoms with E-state index in [1.54, 1.807) is 12.2 Å². The SMILES string of the molecule is C=C/C=C(\C=C)COc1cccc(-c2nc3ccc(C4=NNC(=O)CC4CC)cc3o2)c1. The molecule has 0 bridgehead atoms. The van der Waals surface area contributed by atoms with Crippen molar-refractivity contribution in [2.45, 2.75) is 19.8 Å². The summed E-state index contributed by atoms with van der Waals surface area (Å²) in [6.07, 6.45) is 6.60. The second-order valence-corrected chi connectivity index (χ2v) is 7.54. The maximum Gasteiger partial charge on any atom is 0.240 e. The smallest absolute Gasteiger partial charge is 0.240 e. The van der Waals surface area contributed by atoms with E-state index in [0.29, 0.717) is 30.3 Å². The van der Waals surface area contributed by atoms with Gasteiger partial charge in [0.15, 0.2) is 5.58 Å². The van der Waals surface area contributed by atoms with Gasteiger partial charge >= 0.3 is 0 Å². The Morgan fingerprint density at radius 1 is 1.25 bits per heavy atom. The van der Waals surface area contributed by atoms with Gasteiger partial charge in [0, 0.05) is 23.5 Å². The van der Waals surface area contributed by atoms with Crippen LogP contribution in [-0.2, 0) is 4.79 Å². The molecule has 1 aromatic heterocycles. The number of hydrazone groups is 1. The highest BCUT2D eigenvalue weighted by molar-refractivity contribution is 6.07. The highest BCUT2D eigenvalue weighted by Gasteiger charge is 2.24. The fourth-order valence-corrected chi connectivity index (χ4v) is 3.64. The number of oxazole rings is 1. The first-order valence-electron chi connectivity index (χ1n) is 10.6. The maximum atomic E-state index is 11.7. The Kier molecular flexibility index (Phi) is 6.31. The Hall–Kier alpha value is -3.93. The van der Waals surface area contributed by atoms with Gasteiger partial charge < -0.3 is 9.15 Å². The zero-order valence-corrected chi connectivity index (χ0v) is 18.0. The lowest BCUT2D eigenvalue weighted by molar-refractivity contribution is -0.122. The molecule has 1 amide bonds. The summed E-state index contributed by atoms with van der Waals surface area (Å²) in [4.78, 5) is 16.3. The van der Waals surface area contributed by atoms with Crippen molar-refractivity contribution < 1.29 is 13.9 Å². The maximum absolute atomic E-state index is 11.7. The number of ether oxygens (including phenoxy) is 1. The Labute approximate surface area is 187 Å². The monoisotopic (exact) mass is 427 g/mol. The molecular weight excluding hydrogens is 402 g/mol. The lowest BCUT2D eigenvalue weighted by atomic mass is 9.90. The second kappa shape index (κ2) is 9.47. The fraction of sp³-hybridized carbons (Fsp3) is 0.192. The van der Waals surface area contributed by atoms with Crippen LogP contribution in [0.1, 0.15) is 25.3 Å². The molecule has 0 spiro atoms. The van der Waals surface area contributed by atoms with Crippen molar-refractivity contribution in [2.75, 3.05) is 6.61 Å². The molecule has 1 unspecified atom stereocenters. The molecule has 1 atom stereocenters. The molecule has 0 saturated heterocycles. The van der Waals surface area contributed by atoms with Crippen molar-refractivity contribution in [3.8, 4) is 17.2 Å². The topological polar surface area (TPSA) is 76.7 Å². The first-order valence-corrected chi connectivity index (χ1v) is 10.6. The average Bonchev–Trinajstić information content (AvgIpc) is 3.25. The fourth-order valence-electron chi connectivity index (χ4n) is 3.64. The molecule has 32 heavy (non-hydrogen) atoms. The quantitative estimate of drug-likeness (QED) is 0.487. The molecule has 1 aliphatic rings. The predicted octanol–water partition coefficient (Wildman–Crippen LogP) is 5.42. The first-order chi connectivity index (χ1) is 15.6. The van der Waals surface area contributed by atoms with Gasteiger partial charge in [0.25, 0.3) is 0 Å². The molecule has 2 aromatic carbocycles. The van der Waals surface area contributed by atoms with Crippen LogP contribution in [0.3, 0.4) is 0 Å². The van der Waals surface area contributed by atoms with E-state index in [-0.39, 0.29) is 11.8 Å². The number of benzene rings is 2. The van der Waals surface area contributed by atoms with E-state index in [2.05, 4.69) is 35.6 Å². The molecule has 1 N–H and O–H groups in total. The number of carbonyl (C=O) groups excluding carboxylic acids is 1. The molecule has 0 fully saturated rings. The Morgan fingerprint density at radius 2 is 2.12 bits per heavy atom. The molecule has 0 saturated carbocycles. The summed E-state index contributed by atoms with van der Waals surface area (Å²) in [5, 5.41) is 4.29. The molecule has 4 rings (SSSR count). The van der Waals surface area contributed by atoms with Crippen LogP contribution < -0.4 is 10.2 Å². The Morgan fingerprint density at radius 3 is 2.91 bits per heavy atom. The van der Waals surface area contributed by atoms with Crippen LogP contribution in [0.15, 0.2) is 88.9 Å². The molecule has 1 aliphatic heterocycles. The number of fused-ring (bicyclic) bond motifs is 1. The molecular formula is C26H25N3O3. The third kappa shape index (κ3) is 4.54. The van der Waals surface area contributed by atoms with Crippen LogP contribution >= 0.6 is 0 Å².